The molecule has 2 unspecified atom stereocenters. The van der Waals surface area contributed by atoms with Gasteiger partial charge < -0.3 is 0 Å². The van der Waals surface area contributed by atoms with Gasteiger partial charge >= 0.3 is 0 Å². The van der Waals surface area contributed by atoms with Crippen molar-refractivity contribution in [2.75, 3.05) is 0 Å². The molecule has 0 amide bonds. The molecule has 0 aliphatic heterocycles. The predicted molar refractivity (Wildman–Crippen MR) is 168 cm³/mol. The van der Waals surface area contributed by atoms with Crippen LogP contribution in [0.4, 0.5) is 0 Å². The zero-order chi connectivity index (χ0) is 27.2. The van der Waals surface area contributed by atoms with E-state index in [1.165, 1.54) is 59.1 Å². The van der Waals surface area contributed by atoms with Gasteiger partial charge in [0.1, 0.15) is 0 Å². The minimum Gasteiger partial charge on any atom is -0.115 e. The highest BCUT2D eigenvalue weighted by molar-refractivity contribution is 5.76. The van der Waals surface area contributed by atoms with Crippen molar-refractivity contribution in [3.8, 4) is 12.3 Å². The quantitative estimate of drug-likeness (QED) is 0.198. The van der Waals surface area contributed by atoms with Crippen molar-refractivity contribution in [1.82, 2.24) is 0 Å². The van der Waals surface area contributed by atoms with Gasteiger partial charge in [0.25, 0.3) is 0 Å². The van der Waals surface area contributed by atoms with Crippen molar-refractivity contribution in [3.05, 3.63) is 137 Å². The third kappa shape index (κ3) is 6.72. The molecule has 2 aliphatic rings. The molecule has 0 spiro atoms. The number of hydrogen-bond donors (Lipinski definition) is 0. The average molecular weight is 511 g/mol. The summed E-state index contributed by atoms with van der Waals surface area (Å²) < 4.78 is 0. The topological polar surface area (TPSA) is 0 Å². The molecule has 0 nitrogen and oxygen atoms in total. The minimum atomic E-state index is 0.410. The molecule has 3 aromatic rings. The Balaban J connectivity index is 1.31. The second-order valence-corrected chi connectivity index (χ2v) is 11.9. The lowest BCUT2D eigenvalue weighted by Crippen LogP contribution is -2.23. The zero-order valence-electron chi connectivity index (χ0n) is 23.7. The van der Waals surface area contributed by atoms with E-state index in [4.69, 9.17) is 13.0 Å². The first-order chi connectivity index (χ1) is 19.0. The lowest BCUT2D eigenvalue weighted by atomic mass is 9.69. The number of hydrogen-bond acceptors (Lipinski definition) is 0. The summed E-state index contributed by atoms with van der Waals surface area (Å²) in [6.45, 7) is 9.34. The fourth-order valence-electron chi connectivity index (χ4n) is 6.78. The molecule has 198 valence electrons. The molecule has 0 bridgehead atoms. The van der Waals surface area contributed by atoms with Gasteiger partial charge in [-0.15, -0.1) is 6.42 Å². The van der Waals surface area contributed by atoms with Crippen LogP contribution in [-0.2, 0) is 6.42 Å². The third-order valence-corrected chi connectivity index (χ3v) is 9.01. The van der Waals surface area contributed by atoms with Gasteiger partial charge in [0.05, 0.1) is 0 Å². The van der Waals surface area contributed by atoms with Gasteiger partial charge in [-0.1, -0.05) is 117 Å². The first-order valence-corrected chi connectivity index (χ1v) is 14.8. The van der Waals surface area contributed by atoms with E-state index in [2.05, 4.69) is 117 Å². The molecular weight excluding hydrogens is 468 g/mol. The van der Waals surface area contributed by atoms with Crippen LogP contribution in [0.5, 0.6) is 0 Å². The SMILES string of the molecule is C#Cc1ccc(CC2CCC(C(C(=C)C[C@H](C)c3ccccc3)c3ccc(C4=CC(C)C=C4)cc3)CC2)cc1. The Hall–Kier alpha value is -3.56. The maximum absolute atomic E-state index is 5.55. The Labute approximate surface area is 236 Å². The summed E-state index contributed by atoms with van der Waals surface area (Å²) in [5.74, 6) is 5.54. The van der Waals surface area contributed by atoms with Crippen LogP contribution < -0.4 is 0 Å². The standard InChI is InChI=1S/C39H42/c1-5-31-12-14-32(15-13-31)27-33-16-19-36(20-17-33)39(30(4)26-29(3)34-9-7-6-8-10-34)37-23-21-35(22-24-37)38-18-11-28(2)25-38/h1,6-15,18,21-25,28-29,33,36,39H,4,16-17,19-20,26-27H2,2-3H3/t28?,29-,33?,36?,39?/m0/s1. The first kappa shape index (κ1) is 27.0. The highest BCUT2D eigenvalue weighted by Gasteiger charge is 2.31. The van der Waals surface area contributed by atoms with Gasteiger partial charge in [0.15, 0.2) is 0 Å². The summed E-state index contributed by atoms with van der Waals surface area (Å²) >= 11 is 0. The third-order valence-electron chi connectivity index (χ3n) is 9.01. The maximum Gasteiger partial charge on any atom is 0.0242 e. The van der Waals surface area contributed by atoms with E-state index >= 15 is 0 Å². The van der Waals surface area contributed by atoms with E-state index in [1.807, 2.05) is 0 Å². The fourth-order valence-corrected chi connectivity index (χ4v) is 6.78. The van der Waals surface area contributed by atoms with Crippen LogP contribution in [0.2, 0.25) is 0 Å². The molecule has 0 saturated heterocycles. The number of benzene rings is 3. The molecule has 1 fully saturated rings. The molecule has 0 heteroatoms. The van der Waals surface area contributed by atoms with Crippen LogP contribution in [0.25, 0.3) is 5.57 Å². The summed E-state index contributed by atoms with van der Waals surface area (Å²) in [7, 11) is 0. The predicted octanol–water partition coefficient (Wildman–Crippen LogP) is 10.1. The van der Waals surface area contributed by atoms with Crippen molar-refractivity contribution in [2.24, 2.45) is 17.8 Å². The Morgan fingerprint density at radius 2 is 1.59 bits per heavy atom. The first-order valence-electron chi connectivity index (χ1n) is 14.8. The molecular formula is C39H42. The Morgan fingerprint density at radius 1 is 0.897 bits per heavy atom. The molecule has 0 aromatic heterocycles. The van der Waals surface area contributed by atoms with E-state index in [-0.39, 0.29) is 0 Å². The molecule has 3 atom stereocenters. The van der Waals surface area contributed by atoms with E-state index in [1.54, 1.807) is 0 Å². The van der Waals surface area contributed by atoms with Gasteiger partial charge in [0, 0.05) is 11.5 Å². The largest absolute Gasteiger partial charge is 0.115 e. The van der Waals surface area contributed by atoms with E-state index in [0.29, 0.717) is 23.7 Å². The van der Waals surface area contributed by atoms with Crippen molar-refractivity contribution in [2.45, 2.75) is 64.2 Å². The summed E-state index contributed by atoms with van der Waals surface area (Å²) in [5, 5.41) is 0. The Kier molecular flexibility index (Phi) is 8.68. The van der Waals surface area contributed by atoms with Crippen molar-refractivity contribution < 1.29 is 0 Å². The second kappa shape index (κ2) is 12.5. The summed E-state index contributed by atoms with van der Waals surface area (Å²) in [4.78, 5) is 0. The lowest BCUT2D eigenvalue weighted by molar-refractivity contribution is 0.251. The van der Waals surface area contributed by atoms with Crippen LogP contribution in [0.3, 0.4) is 0 Å². The van der Waals surface area contributed by atoms with Gasteiger partial charge in [-0.05, 0) is 102 Å². The number of allylic oxidation sites excluding steroid dienone is 5. The van der Waals surface area contributed by atoms with Crippen LogP contribution in [0, 0.1) is 30.1 Å². The second-order valence-electron chi connectivity index (χ2n) is 11.9. The van der Waals surface area contributed by atoms with Crippen molar-refractivity contribution in [1.29, 1.82) is 0 Å². The molecule has 0 heterocycles. The van der Waals surface area contributed by atoms with Crippen LogP contribution in [0.1, 0.15) is 85.6 Å². The van der Waals surface area contributed by atoms with Gasteiger partial charge in [-0.3, -0.25) is 0 Å². The zero-order valence-corrected chi connectivity index (χ0v) is 23.7. The molecule has 5 rings (SSSR count). The molecule has 2 aliphatic carbocycles. The molecule has 0 N–H and O–H groups in total. The van der Waals surface area contributed by atoms with Gasteiger partial charge in [-0.2, -0.15) is 0 Å². The Bertz CT molecular complexity index is 1340. The highest BCUT2D eigenvalue weighted by atomic mass is 14.4. The lowest BCUT2D eigenvalue weighted by Gasteiger charge is -2.36. The van der Waals surface area contributed by atoms with E-state index < -0.39 is 0 Å². The van der Waals surface area contributed by atoms with Gasteiger partial charge in [0.2, 0.25) is 0 Å². The number of terminal acetylenes is 1. The molecule has 3 aromatic carbocycles. The van der Waals surface area contributed by atoms with Crippen LogP contribution in [-0.4, -0.2) is 0 Å². The maximum atomic E-state index is 5.55. The summed E-state index contributed by atoms with van der Waals surface area (Å²) in [6, 6.07) is 28.9. The van der Waals surface area contributed by atoms with E-state index in [9.17, 15) is 0 Å². The Morgan fingerprint density at radius 3 is 2.21 bits per heavy atom. The molecule has 0 radical (unpaired) electrons. The number of rotatable bonds is 9. The smallest absolute Gasteiger partial charge is 0.0242 e. The molecule has 1 saturated carbocycles. The highest BCUT2D eigenvalue weighted by Crippen LogP contribution is 2.45. The normalized spacial score (nSPS) is 22.1. The van der Waals surface area contributed by atoms with E-state index in [0.717, 1.165) is 24.3 Å². The summed E-state index contributed by atoms with van der Waals surface area (Å²) in [6.07, 6.45) is 19.7. The minimum absolute atomic E-state index is 0.410. The van der Waals surface area contributed by atoms with Crippen molar-refractivity contribution in [3.63, 3.8) is 0 Å². The summed E-state index contributed by atoms with van der Waals surface area (Å²) in [5.41, 5.74) is 9.28. The van der Waals surface area contributed by atoms with Crippen LogP contribution in [0.15, 0.2) is 109 Å². The monoisotopic (exact) mass is 510 g/mol. The fraction of sp³-hybridized carbons (Fsp3) is 0.333. The van der Waals surface area contributed by atoms with Crippen LogP contribution >= 0.6 is 0 Å². The average Bonchev–Trinajstić information content (AvgIpc) is 3.41. The van der Waals surface area contributed by atoms with Gasteiger partial charge in [-0.25, -0.2) is 0 Å². The van der Waals surface area contributed by atoms with Crippen molar-refractivity contribution >= 4 is 5.57 Å². The molecule has 39 heavy (non-hydrogen) atoms.